The maximum absolute atomic E-state index is 10.8. The highest BCUT2D eigenvalue weighted by Gasteiger charge is 2.00. The smallest absolute Gasteiger partial charge is 0.264 e. The van der Waals surface area contributed by atoms with Gasteiger partial charge < -0.3 is 10.6 Å². The first-order valence-corrected chi connectivity index (χ1v) is 3.50. The molecule has 0 bridgehead atoms. The lowest BCUT2D eigenvalue weighted by Gasteiger charge is -2.09. The number of hydrogen-bond donors (Lipinski definition) is 2. The Morgan fingerprint density at radius 2 is 2.55 bits per heavy atom. The van der Waals surface area contributed by atoms with Crippen molar-refractivity contribution in [2.75, 3.05) is 13.6 Å². The minimum atomic E-state index is -0.133. The van der Waals surface area contributed by atoms with E-state index >= 15 is 0 Å². The van der Waals surface area contributed by atoms with E-state index in [-0.39, 0.29) is 12.5 Å². The summed E-state index contributed by atoms with van der Waals surface area (Å²) >= 11 is 0. The molecule has 0 unspecified atom stereocenters. The van der Waals surface area contributed by atoms with Crippen LogP contribution >= 0.6 is 0 Å². The van der Waals surface area contributed by atoms with Gasteiger partial charge in [0.25, 0.3) is 5.91 Å². The average molecular weight is 153 g/mol. The van der Waals surface area contributed by atoms with Crippen molar-refractivity contribution < 1.29 is 4.79 Å². The van der Waals surface area contributed by atoms with Crippen molar-refractivity contribution in [1.82, 2.24) is 10.6 Å². The maximum Gasteiger partial charge on any atom is 0.264 e. The fraction of sp³-hybridized carbons (Fsp3) is 0.429. The minimum Gasteiger partial charge on any atom is -0.375 e. The number of carbonyl (C=O) groups excluding carboxylic acids is 1. The summed E-state index contributed by atoms with van der Waals surface area (Å²) in [6, 6.07) is 0. The zero-order chi connectivity index (χ0) is 8.10. The molecule has 0 aromatic heterocycles. The SMILES string of the molecule is CN/C1=C/C/C=N\C(=O)CN1. The second-order valence-corrected chi connectivity index (χ2v) is 2.16. The summed E-state index contributed by atoms with van der Waals surface area (Å²) in [7, 11) is 1.81. The molecule has 0 saturated heterocycles. The second-order valence-electron chi connectivity index (χ2n) is 2.16. The van der Waals surface area contributed by atoms with E-state index in [1.165, 1.54) is 0 Å². The zero-order valence-corrected chi connectivity index (χ0v) is 6.42. The fourth-order valence-corrected chi connectivity index (χ4v) is 0.804. The van der Waals surface area contributed by atoms with Crippen molar-refractivity contribution in [3.63, 3.8) is 0 Å². The number of hydrogen-bond acceptors (Lipinski definition) is 3. The Labute approximate surface area is 65.4 Å². The molecule has 0 saturated carbocycles. The Hall–Kier alpha value is -1.32. The Kier molecular flexibility index (Phi) is 2.66. The summed E-state index contributed by atoms with van der Waals surface area (Å²) < 4.78 is 0. The molecule has 60 valence electrons. The van der Waals surface area contributed by atoms with E-state index in [4.69, 9.17) is 0 Å². The standard InChI is InChI=1S/C7H11N3O/c1-8-6-3-2-4-9-7(11)5-10-6/h3-4,8,10H,2,5H2,1H3/b6-3-,9-4-. The third-order valence-corrected chi connectivity index (χ3v) is 1.36. The van der Waals surface area contributed by atoms with E-state index in [2.05, 4.69) is 15.6 Å². The highest BCUT2D eigenvalue weighted by Crippen LogP contribution is 1.89. The number of nitrogens with zero attached hydrogens (tertiary/aromatic N) is 1. The highest BCUT2D eigenvalue weighted by molar-refractivity contribution is 5.87. The van der Waals surface area contributed by atoms with E-state index < -0.39 is 0 Å². The van der Waals surface area contributed by atoms with Crippen LogP contribution in [0.2, 0.25) is 0 Å². The predicted octanol–water partition coefficient (Wildman–Crippen LogP) is -0.362. The van der Waals surface area contributed by atoms with Crippen LogP contribution in [0.25, 0.3) is 0 Å². The van der Waals surface area contributed by atoms with Gasteiger partial charge in [-0.25, -0.2) is 4.99 Å². The van der Waals surface area contributed by atoms with Crippen molar-refractivity contribution in [3.8, 4) is 0 Å². The van der Waals surface area contributed by atoms with Crippen LogP contribution in [0, 0.1) is 0 Å². The first-order valence-electron chi connectivity index (χ1n) is 3.50. The van der Waals surface area contributed by atoms with Crippen LogP contribution in [0.5, 0.6) is 0 Å². The lowest BCUT2D eigenvalue weighted by molar-refractivity contribution is -0.116. The number of carbonyl (C=O) groups is 1. The van der Waals surface area contributed by atoms with E-state index in [9.17, 15) is 4.79 Å². The van der Waals surface area contributed by atoms with E-state index in [1.807, 2.05) is 13.1 Å². The average Bonchev–Trinajstić information content (AvgIpc) is 1.98. The topological polar surface area (TPSA) is 53.5 Å². The highest BCUT2D eigenvalue weighted by atomic mass is 16.1. The molecule has 1 rings (SSSR count). The molecule has 2 N–H and O–H groups in total. The summed E-state index contributed by atoms with van der Waals surface area (Å²) in [6.07, 6.45) is 4.24. The van der Waals surface area contributed by atoms with E-state index in [0.717, 1.165) is 5.82 Å². The van der Waals surface area contributed by atoms with Gasteiger partial charge in [-0.15, -0.1) is 0 Å². The number of allylic oxidation sites excluding steroid dienone is 1. The van der Waals surface area contributed by atoms with Crippen molar-refractivity contribution in [3.05, 3.63) is 11.9 Å². The molecule has 0 spiro atoms. The molecular weight excluding hydrogens is 142 g/mol. The molecule has 1 aliphatic rings. The molecule has 0 aromatic rings. The van der Waals surface area contributed by atoms with Crippen molar-refractivity contribution in [1.29, 1.82) is 0 Å². The lowest BCUT2D eigenvalue weighted by Crippen LogP contribution is -2.29. The van der Waals surface area contributed by atoms with Crippen LogP contribution in [0.3, 0.4) is 0 Å². The van der Waals surface area contributed by atoms with Gasteiger partial charge in [0.15, 0.2) is 0 Å². The molecule has 1 amide bonds. The van der Waals surface area contributed by atoms with Gasteiger partial charge in [0.1, 0.15) is 0 Å². The monoisotopic (exact) mass is 153 g/mol. The number of rotatable bonds is 1. The summed E-state index contributed by atoms with van der Waals surface area (Å²) in [6.45, 7) is 0.267. The van der Waals surface area contributed by atoms with Crippen LogP contribution in [0.15, 0.2) is 16.9 Å². The number of aliphatic imine (C=N–C) groups is 1. The molecule has 4 heteroatoms. The van der Waals surface area contributed by atoms with E-state index in [0.29, 0.717) is 6.42 Å². The first kappa shape index (κ1) is 7.78. The molecule has 0 atom stereocenters. The van der Waals surface area contributed by atoms with Crippen molar-refractivity contribution >= 4 is 12.1 Å². The summed E-state index contributed by atoms with van der Waals surface area (Å²) in [5, 5.41) is 5.84. The van der Waals surface area contributed by atoms with E-state index in [1.54, 1.807) is 6.21 Å². The fourth-order valence-electron chi connectivity index (χ4n) is 0.804. The van der Waals surface area contributed by atoms with Gasteiger partial charge >= 0.3 is 0 Å². The Balaban J connectivity index is 2.58. The first-order chi connectivity index (χ1) is 5.33. The van der Waals surface area contributed by atoms with Gasteiger partial charge in [0, 0.05) is 19.7 Å². The Morgan fingerprint density at radius 1 is 1.73 bits per heavy atom. The van der Waals surface area contributed by atoms with Crippen molar-refractivity contribution in [2.24, 2.45) is 4.99 Å². The molecule has 11 heavy (non-hydrogen) atoms. The lowest BCUT2D eigenvalue weighted by atomic mass is 10.4. The Bertz CT molecular complexity index is 208. The van der Waals surface area contributed by atoms with Gasteiger partial charge in [-0.05, 0) is 6.08 Å². The van der Waals surface area contributed by atoms with Crippen LogP contribution in [0.4, 0.5) is 0 Å². The molecule has 1 heterocycles. The normalized spacial score (nSPS) is 25.5. The van der Waals surface area contributed by atoms with Crippen molar-refractivity contribution in [2.45, 2.75) is 6.42 Å². The number of nitrogens with one attached hydrogen (secondary N) is 2. The zero-order valence-electron chi connectivity index (χ0n) is 6.42. The largest absolute Gasteiger partial charge is 0.375 e. The molecule has 1 aliphatic heterocycles. The Morgan fingerprint density at radius 3 is 3.27 bits per heavy atom. The summed E-state index contributed by atoms with van der Waals surface area (Å²) in [5.41, 5.74) is 0. The summed E-state index contributed by atoms with van der Waals surface area (Å²) in [4.78, 5) is 14.4. The van der Waals surface area contributed by atoms with Gasteiger partial charge in [-0.2, -0.15) is 0 Å². The van der Waals surface area contributed by atoms with Gasteiger partial charge in [-0.3, -0.25) is 4.79 Å². The number of amides is 1. The van der Waals surface area contributed by atoms with Crippen LogP contribution < -0.4 is 10.6 Å². The molecule has 0 aliphatic carbocycles. The maximum atomic E-state index is 10.8. The van der Waals surface area contributed by atoms with Crippen LogP contribution in [-0.4, -0.2) is 25.7 Å². The summed E-state index contributed by atoms with van der Waals surface area (Å²) in [5.74, 6) is 0.746. The van der Waals surface area contributed by atoms with Gasteiger partial charge in [0.2, 0.25) is 0 Å². The molecule has 4 nitrogen and oxygen atoms in total. The molecule has 0 aromatic carbocycles. The molecule has 0 radical (unpaired) electrons. The molecule has 0 fully saturated rings. The quantitative estimate of drug-likeness (QED) is 0.541. The molecular formula is C7H11N3O. The van der Waals surface area contributed by atoms with Gasteiger partial charge in [0.05, 0.1) is 12.4 Å². The third-order valence-electron chi connectivity index (χ3n) is 1.36. The second kappa shape index (κ2) is 3.75. The van der Waals surface area contributed by atoms with Crippen LogP contribution in [0.1, 0.15) is 6.42 Å². The third kappa shape index (κ3) is 2.41. The minimum absolute atomic E-state index is 0.133. The van der Waals surface area contributed by atoms with Crippen LogP contribution in [-0.2, 0) is 4.79 Å². The predicted molar refractivity (Wildman–Crippen MR) is 43.3 cm³/mol. The van der Waals surface area contributed by atoms with Gasteiger partial charge in [-0.1, -0.05) is 0 Å².